The molecule has 0 aliphatic carbocycles. The zero-order valence-corrected chi connectivity index (χ0v) is 15.9. The first-order valence-corrected chi connectivity index (χ1v) is 7.59. The third-order valence-electron chi connectivity index (χ3n) is 3.73. The predicted molar refractivity (Wildman–Crippen MR) is 107 cm³/mol. The minimum atomic E-state index is -0.241. The number of nitrogens with zero attached hydrogens (tertiary/aromatic N) is 1. The summed E-state index contributed by atoms with van der Waals surface area (Å²) in [5.41, 5.74) is 8.33. The number of anilines is 2. The molecule has 2 aromatic carbocycles. The second kappa shape index (κ2) is 10.8. The van der Waals surface area contributed by atoms with E-state index in [1.807, 2.05) is 24.9 Å². The lowest BCUT2D eigenvalue weighted by Gasteiger charge is -2.19. The molecule has 0 saturated carbocycles. The van der Waals surface area contributed by atoms with Gasteiger partial charge in [-0.15, -0.1) is 24.8 Å². The number of hydrogen-bond donors (Lipinski definition) is 2. The van der Waals surface area contributed by atoms with Crippen LogP contribution in [-0.2, 0) is 0 Å². The van der Waals surface area contributed by atoms with Crippen molar-refractivity contribution in [3.8, 4) is 0 Å². The largest absolute Gasteiger partial charge is 0.399 e. The molecule has 0 aromatic heterocycles. The van der Waals surface area contributed by atoms with Crippen molar-refractivity contribution in [1.29, 1.82) is 0 Å². The number of para-hydroxylation sites is 1. The molecule has 0 saturated heterocycles. The molecule has 0 unspecified atom stereocenters. The Balaban J connectivity index is 0.00000288. The molecule has 1 amide bonds. The van der Waals surface area contributed by atoms with Crippen molar-refractivity contribution in [3.05, 3.63) is 59.4 Å². The van der Waals surface area contributed by atoms with Gasteiger partial charge in [0.05, 0.1) is 5.69 Å². The van der Waals surface area contributed by atoms with Gasteiger partial charge in [0.2, 0.25) is 0 Å². The molecule has 0 aliphatic rings. The molecule has 7 heteroatoms. The molecule has 138 valence electrons. The summed E-state index contributed by atoms with van der Waals surface area (Å²) in [6.07, 6.45) is 0.720. The van der Waals surface area contributed by atoms with Crippen LogP contribution in [0, 0.1) is 12.7 Å². The summed E-state index contributed by atoms with van der Waals surface area (Å²) in [5, 5.41) is 2.87. The van der Waals surface area contributed by atoms with Gasteiger partial charge in [0.25, 0.3) is 5.91 Å². The molecule has 25 heavy (non-hydrogen) atoms. The molecule has 2 rings (SSSR count). The summed E-state index contributed by atoms with van der Waals surface area (Å²) in [7, 11) is 1.84. The summed E-state index contributed by atoms with van der Waals surface area (Å²) >= 11 is 0. The number of halogens is 3. The summed E-state index contributed by atoms with van der Waals surface area (Å²) < 4.78 is 13.7. The van der Waals surface area contributed by atoms with Crippen LogP contribution in [0.2, 0.25) is 0 Å². The molecule has 3 N–H and O–H groups in total. The van der Waals surface area contributed by atoms with Crippen LogP contribution in [0.1, 0.15) is 22.3 Å². The van der Waals surface area contributed by atoms with Crippen molar-refractivity contribution in [1.82, 2.24) is 5.32 Å². The van der Waals surface area contributed by atoms with E-state index in [2.05, 4.69) is 5.32 Å². The predicted octanol–water partition coefficient (Wildman–Crippen LogP) is 3.82. The van der Waals surface area contributed by atoms with Crippen LogP contribution in [0.15, 0.2) is 42.5 Å². The Hall–Kier alpha value is -1.98. The van der Waals surface area contributed by atoms with Crippen LogP contribution < -0.4 is 16.0 Å². The number of carbonyl (C=O) groups excluding carboxylic acids is 1. The number of aryl methyl sites for hydroxylation is 1. The highest BCUT2D eigenvalue weighted by atomic mass is 35.5. The van der Waals surface area contributed by atoms with Crippen molar-refractivity contribution < 1.29 is 9.18 Å². The van der Waals surface area contributed by atoms with E-state index in [9.17, 15) is 9.18 Å². The molecular weight excluding hydrogens is 364 g/mol. The number of rotatable bonds is 6. The van der Waals surface area contributed by atoms with Crippen LogP contribution in [0.5, 0.6) is 0 Å². The number of amides is 1. The number of hydrogen-bond acceptors (Lipinski definition) is 3. The molecule has 0 radical (unpaired) electrons. The molecule has 0 atom stereocenters. The van der Waals surface area contributed by atoms with Gasteiger partial charge in [-0.2, -0.15) is 0 Å². The van der Waals surface area contributed by atoms with E-state index >= 15 is 0 Å². The van der Waals surface area contributed by atoms with Gasteiger partial charge in [-0.25, -0.2) is 4.39 Å². The second-order valence-electron chi connectivity index (χ2n) is 5.56. The fourth-order valence-corrected chi connectivity index (χ4v) is 2.38. The normalized spacial score (nSPS) is 9.56. The van der Waals surface area contributed by atoms with E-state index < -0.39 is 0 Å². The lowest BCUT2D eigenvalue weighted by molar-refractivity contribution is 0.0953. The monoisotopic (exact) mass is 387 g/mol. The third-order valence-corrected chi connectivity index (χ3v) is 3.73. The highest BCUT2D eigenvalue weighted by molar-refractivity contribution is 5.96. The van der Waals surface area contributed by atoms with E-state index in [0.717, 1.165) is 12.0 Å². The van der Waals surface area contributed by atoms with Crippen molar-refractivity contribution >= 4 is 42.1 Å². The molecule has 4 nitrogen and oxygen atoms in total. The molecular formula is C18H24Cl2FN3O. The van der Waals surface area contributed by atoms with E-state index in [0.29, 0.717) is 30.0 Å². The maximum absolute atomic E-state index is 13.7. The van der Waals surface area contributed by atoms with Crippen molar-refractivity contribution in [3.63, 3.8) is 0 Å². The van der Waals surface area contributed by atoms with E-state index in [4.69, 9.17) is 5.73 Å². The van der Waals surface area contributed by atoms with Crippen molar-refractivity contribution in [2.24, 2.45) is 0 Å². The number of nitrogen functional groups attached to an aromatic ring is 1. The molecule has 0 bridgehead atoms. The van der Waals surface area contributed by atoms with Gasteiger partial charge < -0.3 is 16.0 Å². The minimum absolute atomic E-state index is 0. The highest BCUT2D eigenvalue weighted by Crippen LogP contribution is 2.17. The molecule has 0 aliphatic heterocycles. The van der Waals surface area contributed by atoms with E-state index in [1.165, 1.54) is 6.07 Å². The van der Waals surface area contributed by atoms with Crippen LogP contribution in [0.3, 0.4) is 0 Å². The maximum atomic E-state index is 13.7. The van der Waals surface area contributed by atoms with Gasteiger partial charge in [-0.1, -0.05) is 18.2 Å². The Morgan fingerprint density at radius 2 is 1.88 bits per heavy atom. The van der Waals surface area contributed by atoms with Crippen molar-refractivity contribution in [2.45, 2.75) is 13.3 Å². The zero-order valence-electron chi connectivity index (χ0n) is 14.3. The Morgan fingerprint density at radius 1 is 1.20 bits per heavy atom. The smallest absolute Gasteiger partial charge is 0.251 e. The summed E-state index contributed by atoms with van der Waals surface area (Å²) in [4.78, 5) is 14.0. The van der Waals surface area contributed by atoms with Crippen LogP contribution in [-0.4, -0.2) is 26.0 Å². The van der Waals surface area contributed by atoms with Crippen LogP contribution in [0.4, 0.5) is 15.8 Å². The summed E-state index contributed by atoms with van der Waals surface area (Å²) in [6, 6.07) is 11.9. The van der Waals surface area contributed by atoms with Gasteiger partial charge >= 0.3 is 0 Å². The fourth-order valence-electron chi connectivity index (χ4n) is 2.38. The van der Waals surface area contributed by atoms with Gasteiger partial charge in [-0.05, 0) is 43.2 Å². The average molecular weight is 388 g/mol. The first-order valence-electron chi connectivity index (χ1n) is 7.59. The van der Waals surface area contributed by atoms with E-state index in [-0.39, 0.29) is 36.5 Å². The molecule has 0 spiro atoms. The average Bonchev–Trinajstić information content (AvgIpc) is 2.53. The Bertz CT molecular complexity index is 698. The van der Waals surface area contributed by atoms with Gasteiger partial charge in [0.15, 0.2) is 0 Å². The Morgan fingerprint density at radius 3 is 2.56 bits per heavy atom. The molecule has 2 aromatic rings. The first kappa shape index (κ1) is 23.0. The summed E-state index contributed by atoms with van der Waals surface area (Å²) in [6.45, 7) is 3.04. The van der Waals surface area contributed by atoms with Gasteiger partial charge in [0.1, 0.15) is 5.82 Å². The van der Waals surface area contributed by atoms with Crippen molar-refractivity contribution in [2.75, 3.05) is 30.8 Å². The maximum Gasteiger partial charge on any atom is 0.251 e. The van der Waals surface area contributed by atoms with E-state index in [1.54, 1.807) is 30.3 Å². The van der Waals surface area contributed by atoms with Crippen LogP contribution in [0.25, 0.3) is 0 Å². The molecule has 0 heterocycles. The van der Waals surface area contributed by atoms with Crippen LogP contribution >= 0.6 is 24.8 Å². The first-order chi connectivity index (χ1) is 11.0. The number of nitrogens with one attached hydrogen (secondary N) is 1. The van der Waals surface area contributed by atoms with Gasteiger partial charge in [0, 0.05) is 31.4 Å². The second-order valence-corrected chi connectivity index (χ2v) is 5.56. The summed E-state index contributed by atoms with van der Waals surface area (Å²) in [5.74, 6) is -0.377. The minimum Gasteiger partial charge on any atom is -0.399 e. The third kappa shape index (κ3) is 6.44. The Labute approximate surface area is 160 Å². The fraction of sp³-hybridized carbons (Fsp3) is 0.278. The highest BCUT2D eigenvalue weighted by Gasteiger charge is 2.09. The van der Waals surface area contributed by atoms with Gasteiger partial charge in [-0.3, -0.25) is 4.79 Å². The molecule has 0 fully saturated rings. The lowest BCUT2D eigenvalue weighted by Crippen LogP contribution is -2.29. The standard InChI is InChI=1S/C18H22FN3O.2ClH/c1-13-8-9-14(20)12-15(13)18(23)21-10-5-11-22(2)17-7-4-3-6-16(17)19;;/h3-4,6-9,12H,5,10-11,20H2,1-2H3,(H,21,23);2*1H. The zero-order chi connectivity index (χ0) is 16.8. The number of benzene rings is 2. The lowest BCUT2D eigenvalue weighted by atomic mass is 10.1. The topological polar surface area (TPSA) is 58.4 Å². The Kier molecular flexibility index (Phi) is 9.94. The number of carbonyl (C=O) groups is 1. The number of nitrogens with two attached hydrogens (primary N) is 1. The quantitative estimate of drug-likeness (QED) is 0.584. The SMILES string of the molecule is Cc1ccc(N)cc1C(=O)NCCCN(C)c1ccccc1F.Cl.Cl.